The van der Waals surface area contributed by atoms with Gasteiger partial charge in [0.05, 0.1) is 16.7 Å². The molecule has 1 aliphatic heterocycles. The first-order valence-electron chi connectivity index (χ1n) is 22.9. The first-order chi connectivity index (χ1) is 32.0. The largest absolute Gasteiger partial charge is 0.489 e. The minimum absolute atomic E-state index is 0.0373. The third-order valence-corrected chi connectivity index (χ3v) is 13.2. The van der Waals surface area contributed by atoms with Crippen LogP contribution in [0, 0.1) is 27.6 Å². The van der Waals surface area contributed by atoms with E-state index < -0.39 is 47.0 Å². The summed E-state index contributed by atoms with van der Waals surface area (Å²) in [5.74, 6) is -1.27. The lowest BCUT2D eigenvalue weighted by Gasteiger charge is -2.63. The Hall–Kier alpha value is -6.06. The van der Waals surface area contributed by atoms with Crippen LogP contribution in [0.15, 0.2) is 72.9 Å². The topological polar surface area (TPSA) is 244 Å². The number of likely N-dealkylation sites (tertiary alicyclic amines) is 1. The number of amides is 4. The number of benzene rings is 3. The summed E-state index contributed by atoms with van der Waals surface area (Å²) >= 11 is 6.24. The molecule has 2 heterocycles. The van der Waals surface area contributed by atoms with E-state index in [0.717, 1.165) is 24.1 Å². The van der Waals surface area contributed by atoms with E-state index in [2.05, 4.69) is 70.4 Å². The van der Waals surface area contributed by atoms with E-state index in [-0.39, 0.29) is 48.5 Å². The Morgan fingerprint density at radius 1 is 0.985 bits per heavy atom. The van der Waals surface area contributed by atoms with Crippen LogP contribution in [0.1, 0.15) is 103 Å². The molecule has 7 N–H and O–H groups in total. The molecule has 0 radical (unpaired) electrons. The smallest absolute Gasteiger partial charge is 0.251 e. The van der Waals surface area contributed by atoms with Crippen LogP contribution in [0.3, 0.4) is 0 Å². The summed E-state index contributed by atoms with van der Waals surface area (Å²) in [7, 11) is 0. The van der Waals surface area contributed by atoms with Crippen molar-refractivity contribution in [2.75, 3.05) is 31.6 Å². The quantitative estimate of drug-likeness (QED) is 0.0444. The first-order valence-corrected chi connectivity index (χ1v) is 23.3. The highest BCUT2D eigenvalue weighted by atomic mass is 35.5. The number of aromatic nitrogens is 3. The molecule has 0 bridgehead atoms. The van der Waals surface area contributed by atoms with Crippen molar-refractivity contribution in [1.82, 2.24) is 36.3 Å². The second-order valence-electron chi connectivity index (χ2n) is 20.2. The van der Waals surface area contributed by atoms with Crippen molar-refractivity contribution in [2.24, 2.45) is 16.2 Å². The van der Waals surface area contributed by atoms with Gasteiger partial charge in [-0.2, -0.15) is 5.26 Å². The predicted octanol–water partition coefficient (Wildman–Crippen LogP) is 5.68. The highest BCUT2D eigenvalue weighted by Gasteiger charge is 2.64. The van der Waals surface area contributed by atoms with E-state index in [1.165, 1.54) is 11.8 Å². The number of β-amino-alcohol motifs (C(OH)–C–C–N with tert-alkyl or cyclic N) is 1. The maximum absolute atomic E-state index is 14.0. The molecule has 4 aromatic rings. The third kappa shape index (κ3) is 12.0. The Morgan fingerprint density at radius 2 is 1.68 bits per heavy atom. The van der Waals surface area contributed by atoms with Crippen molar-refractivity contribution in [1.29, 1.82) is 5.26 Å². The monoisotopic (exact) mass is 953 g/mol. The molecule has 18 heteroatoms. The molecule has 1 saturated carbocycles. The Morgan fingerprint density at radius 3 is 2.29 bits per heavy atom. The lowest BCUT2D eigenvalue weighted by Crippen LogP contribution is -2.74. The van der Waals surface area contributed by atoms with Crippen LogP contribution < -0.4 is 26.0 Å². The van der Waals surface area contributed by atoms with Gasteiger partial charge in [0.15, 0.2) is 5.72 Å². The molecule has 1 aromatic heterocycles. The zero-order chi connectivity index (χ0) is 49.6. The molecule has 0 spiro atoms. The number of carbonyl (C=O) groups is 4. The molecule has 3 aromatic carbocycles. The molecule has 2 fully saturated rings. The van der Waals surface area contributed by atoms with Gasteiger partial charge >= 0.3 is 0 Å². The van der Waals surface area contributed by atoms with Crippen molar-refractivity contribution in [3.63, 3.8) is 0 Å². The number of hydrogen-bond acceptors (Lipinski definition) is 12. The van der Waals surface area contributed by atoms with Crippen molar-refractivity contribution in [3.05, 3.63) is 94.6 Å². The van der Waals surface area contributed by atoms with Gasteiger partial charge in [-0.3, -0.25) is 24.3 Å². The molecule has 68 heavy (non-hydrogen) atoms. The summed E-state index contributed by atoms with van der Waals surface area (Å²) in [5.41, 5.74) is 0.236. The van der Waals surface area contributed by atoms with Gasteiger partial charge in [-0.1, -0.05) is 89.5 Å². The van der Waals surface area contributed by atoms with E-state index in [0.29, 0.717) is 52.7 Å². The number of rotatable bonds is 19. The minimum atomic E-state index is -1.80. The molecule has 17 nitrogen and oxygen atoms in total. The van der Waals surface area contributed by atoms with Gasteiger partial charge in [-0.25, -0.2) is 0 Å². The van der Waals surface area contributed by atoms with Crippen molar-refractivity contribution < 1.29 is 38.9 Å². The number of H-pyrrole nitrogens is 1. The van der Waals surface area contributed by atoms with Crippen LogP contribution in [0.4, 0.5) is 5.69 Å². The fourth-order valence-corrected chi connectivity index (χ4v) is 9.69. The normalized spacial score (nSPS) is 20.8. The zero-order valence-electron chi connectivity index (χ0n) is 40.0. The summed E-state index contributed by atoms with van der Waals surface area (Å²) < 4.78 is 12.0. The molecule has 4 amide bonds. The first kappa shape index (κ1) is 51.3. The van der Waals surface area contributed by atoms with Crippen LogP contribution in [0.5, 0.6) is 5.75 Å². The van der Waals surface area contributed by atoms with Crippen molar-refractivity contribution in [2.45, 2.75) is 117 Å². The van der Waals surface area contributed by atoms with E-state index in [9.17, 15) is 34.7 Å². The van der Waals surface area contributed by atoms with Gasteiger partial charge in [-0.05, 0) is 68.0 Å². The maximum atomic E-state index is 14.0. The number of carbonyl (C=O) groups excluding carboxylic acids is 4. The summed E-state index contributed by atoms with van der Waals surface area (Å²) in [6, 6.07) is 18.9. The number of nitrogens with one attached hydrogen (secondary N) is 5. The van der Waals surface area contributed by atoms with E-state index in [1.54, 1.807) is 81.6 Å². The molecule has 6 rings (SSSR count). The van der Waals surface area contributed by atoms with Crippen molar-refractivity contribution in [3.8, 4) is 23.1 Å². The molecule has 0 unspecified atom stereocenters. The predicted molar refractivity (Wildman–Crippen MR) is 256 cm³/mol. The highest BCUT2D eigenvalue weighted by molar-refractivity contribution is 6.31. The molecule has 4 atom stereocenters. The molecule has 1 saturated heterocycles. The fourth-order valence-electron chi connectivity index (χ4n) is 9.48. The fraction of sp³-hybridized carbons (Fsp3) is 0.500. The number of nitrogens with zero attached hydrogens (tertiary/aromatic N) is 4. The van der Waals surface area contributed by atoms with Gasteiger partial charge in [0.1, 0.15) is 42.3 Å². The maximum Gasteiger partial charge on any atom is 0.251 e. The van der Waals surface area contributed by atoms with E-state index >= 15 is 0 Å². The lowest BCUT2D eigenvalue weighted by atomic mass is 9.49. The van der Waals surface area contributed by atoms with Crippen LogP contribution >= 0.6 is 11.6 Å². The highest BCUT2D eigenvalue weighted by Crippen LogP contribution is 2.55. The molecule has 364 valence electrons. The summed E-state index contributed by atoms with van der Waals surface area (Å²) in [6.45, 7) is 15.7. The lowest BCUT2D eigenvalue weighted by molar-refractivity contribution is -0.164. The van der Waals surface area contributed by atoms with Gasteiger partial charge in [0, 0.05) is 77.6 Å². The average molecular weight is 955 g/mol. The third-order valence-electron chi connectivity index (χ3n) is 12.9. The molecular formula is C50H64ClN9O8. The van der Waals surface area contributed by atoms with Gasteiger partial charge in [-0.15, -0.1) is 5.10 Å². The van der Waals surface area contributed by atoms with Crippen LogP contribution in [-0.4, -0.2) is 111 Å². The number of anilines is 1. The summed E-state index contributed by atoms with van der Waals surface area (Å²) in [6.07, 6.45) is 2.78. The number of aromatic amines is 1. The van der Waals surface area contributed by atoms with Gasteiger partial charge in [0.25, 0.3) is 5.91 Å². The Balaban J connectivity index is 0.894. The van der Waals surface area contributed by atoms with Crippen LogP contribution in [-0.2, 0) is 24.8 Å². The van der Waals surface area contributed by atoms with Gasteiger partial charge in [0.2, 0.25) is 17.7 Å². The molecule has 2 aliphatic rings. The number of ether oxygens (including phenoxy) is 2. The summed E-state index contributed by atoms with van der Waals surface area (Å²) in [4.78, 5) is 55.4. The Kier molecular flexibility index (Phi) is 15.9. The van der Waals surface area contributed by atoms with Crippen LogP contribution in [0.2, 0.25) is 5.02 Å². The number of unbranched alkanes of at least 4 members (excludes halogenated alkanes) is 2. The number of halogens is 1. The number of aliphatic hydroxyl groups excluding tert-OH is 1. The molecular weight excluding hydrogens is 890 g/mol. The Bertz CT molecular complexity index is 2430. The minimum Gasteiger partial charge on any atom is -0.489 e. The Labute approximate surface area is 402 Å². The standard InChI is InChI=1S/C50H64ClN9O8/c1-47(2,3)41(44(65)60-28-35(61)24-39(60)43(64)57-50(8,66)33-17-12-30(13-18-33)38-27-54-59-58-38)55-40(62)29-67-23-11-9-10-22-53-34-19-14-31(15-20-34)42(63)56-45-48(4,5)46(49(45,6)7)68-36-21-16-32(26-52)37(51)25-36/h12-21,25,27,35,39,41,45-46,53,61,66H,9-11,22-24,28-29H2,1-8H3,(H,55,62)(H,56,63)(H,57,64)(H,54,58,59)/t35-,39+,41-,45-,46-,50+/m1/s1. The number of hydrogen-bond donors (Lipinski definition) is 7. The molecule has 1 aliphatic carbocycles. The number of aliphatic hydroxyl groups is 2. The number of nitriles is 1. The van der Waals surface area contributed by atoms with E-state index in [1.807, 2.05) is 12.1 Å². The zero-order valence-corrected chi connectivity index (χ0v) is 40.7. The summed E-state index contributed by atoms with van der Waals surface area (Å²) in [5, 5.41) is 53.8. The van der Waals surface area contributed by atoms with Crippen molar-refractivity contribution >= 4 is 40.9 Å². The van der Waals surface area contributed by atoms with E-state index in [4.69, 9.17) is 21.1 Å². The second kappa shape index (κ2) is 21.1. The van der Waals surface area contributed by atoms with Crippen LogP contribution in [0.25, 0.3) is 11.3 Å². The second-order valence-corrected chi connectivity index (χ2v) is 20.6. The SMILES string of the molecule is CC(C)(C)[C@H](NC(=O)COCCCCCNc1ccc(C(=O)N[C@H]2C(C)(C)[C@H](Oc3ccc(C#N)c(Cl)c3)C2(C)C)cc1)C(=O)N1C[C@H](O)C[C@H]1C(=O)N[C@@](C)(O)c1ccc(-c2c[nH]nn2)cc1. The van der Waals surface area contributed by atoms with Gasteiger partial charge < -0.3 is 45.9 Å². The average Bonchev–Trinajstić information content (AvgIpc) is 3.97.